The summed E-state index contributed by atoms with van der Waals surface area (Å²) in [6.45, 7) is 0. The molecule has 0 N–H and O–H groups in total. The molecule has 42 heavy (non-hydrogen) atoms. The molecule has 0 atom stereocenters. The van der Waals surface area contributed by atoms with Crippen molar-refractivity contribution in [3.63, 3.8) is 0 Å². The van der Waals surface area contributed by atoms with Gasteiger partial charge in [-0.3, -0.25) is 0 Å². The van der Waals surface area contributed by atoms with Crippen LogP contribution < -0.4 is 0 Å². The minimum absolute atomic E-state index is 1.25. The van der Waals surface area contributed by atoms with Gasteiger partial charge in [-0.25, -0.2) is 0 Å². The van der Waals surface area contributed by atoms with Gasteiger partial charge in [-0.15, -0.1) is 0 Å². The minimum atomic E-state index is 1.25. The van der Waals surface area contributed by atoms with Crippen LogP contribution in [0.2, 0.25) is 0 Å². The second-order valence-corrected chi connectivity index (χ2v) is 11.3. The van der Waals surface area contributed by atoms with Crippen molar-refractivity contribution in [2.75, 3.05) is 0 Å². The molecule has 194 valence electrons. The third-order valence-corrected chi connectivity index (χ3v) is 8.96. The van der Waals surface area contributed by atoms with Gasteiger partial charge in [-0.1, -0.05) is 133 Å². The van der Waals surface area contributed by atoms with Crippen LogP contribution in [0.5, 0.6) is 0 Å². The molecule has 0 saturated carbocycles. The summed E-state index contributed by atoms with van der Waals surface area (Å²) < 4.78 is 0. The van der Waals surface area contributed by atoms with Gasteiger partial charge in [0.2, 0.25) is 0 Å². The van der Waals surface area contributed by atoms with Gasteiger partial charge in [0.05, 0.1) is 0 Å². The van der Waals surface area contributed by atoms with Gasteiger partial charge in [0.1, 0.15) is 0 Å². The van der Waals surface area contributed by atoms with Gasteiger partial charge in [0.15, 0.2) is 0 Å². The molecule has 0 aromatic heterocycles. The molecule has 0 heteroatoms. The van der Waals surface area contributed by atoms with E-state index >= 15 is 0 Å². The molecule has 9 aromatic rings. The Hall–Kier alpha value is -5.46. The number of fused-ring (bicyclic) bond motifs is 7. The second kappa shape index (κ2) is 9.03. The van der Waals surface area contributed by atoms with Crippen molar-refractivity contribution >= 4 is 64.6 Å². The molecule has 0 aliphatic carbocycles. The fourth-order valence-electron chi connectivity index (χ4n) is 7.09. The fourth-order valence-corrected chi connectivity index (χ4v) is 7.09. The van der Waals surface area contributed by atoms with Crippen molar-refractivity contribution in [2.45, 2.75) is 0 Å². The Morgan fingerprint density at radius 3 is 1.33 bits per heavy atom. The molecule has 0 amide bonds. The van der Waals surface area contributed by atoms with Crippen LogP contribution in [0, 0.1) is 0 Å². The zero-order valence-electron chi connectivity index (χ0n) is 23.0. The van der Waals surface area contributed by atoms with Crippen LogP contribution in [0.4, 0.5) is 0 Å². The van der Waals surface area contributed by atoms with Gasteiger partial charge < -0.3 is 0 Å². The third kappa shape index (κ3) is 3.42. The first kappa shape index (κ1) is 23.3. The molecular formula is C42H26. The monoisotopic (exact) mass is 530 g/mol. The largest absolute Gasteiger partial charge is 0.0616 e. The van der Waals surface area contributed by atoms with Crippen LogP contribution in [0.25, 0.3) is 86.9 Å². The van der Waals surface area contributed by atoms with Gasteiger partial charge in [-0.2, -0.15) is 0 Å². The summed E-state index contributed by atoms with van der Waals surface area (Å²) in [5.74, 6) is 0. The number of rotatable bonds is 2. The average Bonchev–Trinajstić information content (AvgIpc) is 3.05. The highest BCUT2D eigenvalue weighted by Crippen LogP contribution is 2.46. The van der Waals surface area contributed by atoms with E-state index in [1.165, 1.54) is 86.9 Å². The molecule has 0 aliphatic rings. The van der Waals surface area contributed by atoms with E-state index in [2.05, 4.69) is 158 Å². The Balaban J connectivity index is 1.41. The molecular weight excluding hydrogens is 504 g/mol. The first-order valence-electron chi connectivity index (χ1n) is 14.6. The van der Waals surface area contributed by atoms with Crippen molar-refractivity contribution in [2.24, 2.45) is 0 Å². The number of hydrogen-bond acceptors (Lipinski definition) is 0. The molecule has 0 spiro atoms. The molecule has 0 saturated heterocycles. The lowest BCUT2D eigenvalue weighted by Crippen LogP contribution is -1.92. The van der Waals surface area contributed by atoms with Crippen molar-refractivity contribution in [1.29, 1.82) is 0 Å². The Morgan fingerprint density at radius 2 is 0.690 bits per heavy atom. The van der Waals surface area contributed by atoms with Crippen molar-refractivity contribution < 1.29 is 0 Å². The first-order valence-corrected chi connectivity index (χ1v) is 14.6. The van der Waals surface area contributed by atoms with Gasteiger partial charge in [0.25, 0.3) is 0 Å². The summed E-state index contributed by atoms with van der Waals surface area (Å²) in [4.78, 5) is 0. The smallest absolute Gasteiger partial charge is 0.00199 e. The maximum atomic E-state index is 2.40. The Kier molecular flexibility index (Phi) is 5.00. The summed E-state index contributed by atoms with van der Waals surface area (Å²) >= 11 is 0. The summed E-state index contributed by atoms with van der Waals surface area (Å²) in [5, 5.41) is 15.4. The number of hydrogen-bond donors (Lipinski definition) is 0. The maximum Gasteiger partial charge on any atom is -0.00199 e. The zero-order valence-corrected chi connectivity index (χ0v) is 23.0. The molecule has 0 fully saturated rings. The van der Waals surface area contributed by atoms with Gasteiger partial charge >= 0.3 is 0 Å². The third-order valence-electron chi connectivity index (χ3n) is 8.96. The highest BCUT2D eigenvalue weighted by atomic mass is 14.2. The summed E-state index contributed by atoms with van der Waals surface area (Å²) in [6, 6.07) is 58.2. The van der Waals surface area contributed by atoms with E-state index in [4.69, 9.17) is 0 Å². The van der Waals surface area contributed by atoms with Crippen molar-refractivity contribution in [3.05, 3.63) is 158 Å². The van der Waals surface area contributed by atoms with Crippen LogP contribution >= 0.6 is 0 Å². The van der Waals surface area contributed by atoms with E-state index < -0.39 is 0 Å². The van der Waals surface area contributed by atoms with Gasteiger partial charge in [-0.05, 0) is 111 Å². The molecule has 9 rings (SSSR count). The lowest BCUT2D eigenvalue weighted by molar-refractivity contribution is 1.69. The molecule has 0 bridgehead atoms. The van der Waals surface area contributed by atoms with E-state index in [0.29, 0.717) is 0 Å². The predicted molar refractivity (Wildman–Crippen MR) is 182 cm³/mol. The predicted octanol–water partition coefficient (Wildman–Crippen LogP) is 11.9. The zero-order chi connectivity index (χ0) is 27.6. The summed E-state index contributed by atoms with van der Waals surface area (Å²) in [7, 11) is 0. The van der Waals surface area contributed by atoms with Gasteiger partial charge in [0, 0.05) is 0 Å². The topological polar surface area (TPSA) is 0 Å². The Morgan fingerprint density at radius 1 is 0.238 bits per heavy atom. The van der Waals surface area contributed by atoms with E-state index in [0.717, 1.165) is 0 Å². The molecule has 0 heterocycles. The fraction of sp³-hybridized carbons (Fsp3) is 0. The minimum Gasteiger partial charge on any atom is -0.0616 e. The highest BCUT2D eigenvalue weighted by molar-refractivity contribution is 6.26. The first-order chi connectivity index (χ1) is 20.8. The molecule has 0 unspecified atom stereocenters. The molecule has 0 aliphatic heterocycles. The van der Waals surface area contributed by atoms with Crippen LogP contribution in [-0.2, 0) is 0 Å². The quantitative estimate of drug-likeness (QED) is 0.154. The molecule has 0 nitrogen and oxygen atoms in total. The number of benzene rings is 9. The maximum absolute atomic E-state index is 2.40. The normalized spacial score (nSPS) is 11.8. The highest BCUT2D eigenvalue weighted by Gasteiger charge is 2.19. The molecule has 9 aromatic carbocycles. The Bertz CT molecular complexity index is 2460. The van der Waals surface area contributed by atoms with E-state index in [1.807, 2.05) is 0 Å². The second-order valence-electron chi connectivity index (χ2n) is 11.3. The summed E-state index contributed by atoms with van der Waals surface area (Å²) in [6.07, 6.45) is 0. The van der Waals surface area contributed by atoms with Crippen molar-refractivity contribution in [1.82, 2.24) is 0 Å². The lowest BCUT2D eigenvalue weighted by atomic mass is 9.83. The molecule has 0 radical (unpaired) electrons. The van der Waals surface area contributed by atoms with Crippen LogP contribution in [0.3, 0.4) is 0 Å². The SMILES string of the molecule is c1ccc2cc3cc(-c4c5ccccc5c(-c5cc6ccccc6c6ccccc56)c5ccccc45)ccc3cc2c1. The van der Waals surface area contributed by atoms with Crippen LogP contribution in [-0.4, -0.2) is 0 Å². The lowest BCUT2D eigenvalue weighted by Gasteiger charge is -2.20. The van der Waals surface area contributed by atoms with Crippen LogP contribution in [0.15, 0.2) is 158 Å². The van der Waals surface area contributed by atoms with E-state index in [1.54, 1.807) is 0 Å². The standard InChI is InChI=1S/C42H26/c1-2-12-28-24-32-25-31(22-21-29(32)23-27(28)11-1)41-36-17-7-9-19-38(36)42(39-20-10-8-18-37(39)41)40-26-30-13-3-4-14-33(30)34-15-5-6-16-35(34)40/h1-26H. The Labute approximate surface area is 244 Å². The van der Waals surface area contributed by atoms with E-state index in [9.17, 15) is 0 Å². The average molecular weight is 531 g/mol. The van der Waals surface area contributed by atoms with Crippen molar-refractivity contribution in [3.8, 4) is 22.3 Å². The summed E-state index contributed by atoms with van der Waals surface area (Å²) in [5.41, 5.74) is 5.14. The van der Waals surface area contributed by atoms with Crippen LogP contribution in [0.1, 0.15) is 0 Å². The van der Waals surface area contributed by atoms with E-state index in [-0.39, 0.29) is 0 Å².